The van der Waals surface area contributed by atoms with Crippen LogP contribution in [0.4, 0.5) is 5.82 Å². The Labute approximate surface area is 176 Å². The SMILES string of the molecule is Nc1ncnc2c1ncn2[C@@H]1O[C@H](CNS(=O)(=O)/C=C/c2ccccc2O)C(O)C1O. The first-order valence-corrected chi connectivity index (χ1v) is 10.7. The lowest BCUT2D eigenvalue weighted by Gasteiger charge is -2.16. The summed E-state index contributed by atoms with van der Waals surface area (Å²) in [7, 11) is -3.91. The first-order chi connectivity index (χ1) is 14.8. The van der Waals surface area contributed by atoms with E-state index >= 15 is 0 Å². The van der Waals surface area contributed by atoms with Crippen LogP contribution in [-0.4, -0.2) is 68.1 Å². The maximum atomic E-state index is 12.3. The summed E-state index contributed by atoms with van der Waals surface area (Å²) in [4.78, 5) is 12.0. The fraction of sp³-hybridized carbons (Fsp3) is 0.278. The number of nitrogen functional groups attached to an aromatic ring is 1. The van der Waals surface area contributed by atoms with E-state index in [0.717, 1.165) is 5.41 Å². The molecule has 1 aliphatic rings. The first-order valence-electron chi connectivity index (χ1n) is 9.17. The van der Waals surface area contributed by atoms with Gasteiger partial charge in [-0.2, -0.15) is 0 Å². The van der Waals surface area contributed by atoms with Crippen molar-refractivity contribution in [1.82, 2.24) is 24.2 Å². The lowest BCUT2D eigenvalue weighted by molar-refractivity contribution is -0.0329. The number of benzene rings is 1. The molecule has 1 aliphatic heterocycles. The van der Waals surface area contributed by atoms with E-state index in [2.05, 4.69) is 19.7 Å². The van der Waals surface area contributed by atoms with Gasteiger partial charge in [0.25, 0.3) is 0 Å². The molecular formula is C18H20N6O6S. The highest BCUT2D eigenvalue weighted by molar-refractivity contribution is 7.92. The number of anilines is 1. The third-order valence-electron chi connectivity index (χ3n) is 4.85. The number of imidazole rings is 1. The Bertz CT molecular complexity index is 1230. The largest absolute Gasteiger partial charge is 0.507 e. The quantitative estimate of drug-likeness (QED) is 0.323. The number of phenols is 1. The average molecular weight is 448 g/mol. The van der Waals surface area contributed by atoms with Crippen LogP contribution in [0.5, 0.6) is 5.75 Å². The summed E-state index contributed by atoms with van der Waals surface area (Å²) in [5, 5.41) is 31.4. The van der Waals surface area contributed by atoms with Crippen LogP contribution in [0.3, 0.4) is 0 Å². The van der Waals surface area contributed by atoms with Gasteiger partial charge in [-0.25, -0.2) is 28.1 Å². The molecule has 6 N–H and O–H groups in total. The molecule has 1 fully saturated rings. The van der Waals surface area contributed by atoms with Gasteiger partial charge in [0.05, 0.1) is 6.33 Å². The Morgan fingerprint density at radius 2 is 1.97 bits per heavy atom. The second-order valence-electron chi connectivity index (χ2n) is 6.88. The number of rotatable bonds is 6. The molecule has 0 aliphatic carbocycles. The molecule has 0 bridgehead atoms. The Morgan fingerprint density at radius 3 is 2.74 bits per heavy atom. The number of aliphatic hydroxyl groups is 2. The van der Waals surface area contributed by atoms with Crippen molar-refractivity contribution in [2.75, 3.05) is 12.3 Å². The van der Waals surface area contributed by atoms with Crippen molar-refractivity contribution in [2.24, 2.45) is 0 Å². The molecule has 164 valence electrons. The lowest BCUT2D eigenvalue weighted by Crippen LogP contribution is -2.39. The van der Waals surface area contributed by atoms with Crippen molar-refractivity contribution < 1.29 is 28.5 Å². The van der Waals surface area contributed by atoms with Crippen molar-refractivity contribution >= 4 is 33.1 Å². The van der Waals surface area contributed by atoms with E-state index in [1.807, 2.05) is 0 Å². The normalized spacial score (nSPS) is 24.3. The number of fused-ring (bicyclic) bond motifs is 1. The number of aromatic nitrogens is 4. The van der Waals surface area contributed by atoms with Gasteiger partial charge in [0.1, 0.15) is 35.9 Å². The number of hydrogen-bond donors (Lipinski definition) is 5. The van der Waals surface area contributed by atoms with Gasteiger partial charge in [-0.1, -0.05) is 18.2 Å². The van der Waals surface area contributed by atoms with Gasteiger partial charge in [0, 0.05) is 17.5 Å². The van der Waals surface area contributed by atoms with Crippen LogP contribution in [-0.2, 0) is 14.8 Å². The number of phenolic OH excluding ortho intramolecular Hbond substituents is 1. The topological polar surface area (TPSA) is 186 Å². The molecule has 1 aromatic carbocycles. The molecule has 2 aromatic heterocycles. The molecule has 4 rings (SSSR count). The monoisotopic (exact) mass is 448 g/mol. The number of nitrogens with one attached hydrogen (secondary N) is 1. The summed E-state index contributed by atoms with van der Waals surface area (Å²) in [5.74, 6) is 0.0869. The summed E-state index contributed by atoms with van der Waals surface area (Å²) in [5.41, 5.74) is 6.69. The maximum absolute atomic E-state index is 12.3. The summed E-state index contributed by atoms with van der Waals surface area (Å²) in [6.07, 6.45) is -1.01. The maximum Gasteiger partial charge on any atom is 0.233 e. The third-order valence-corrected chi connectivity index (χ3v) is 5.91. The summed E-state index contributed by atoms with van der Waals surface area (Å²) in [6.45, 7) is -0.300. The van der Waals surface area contributed by atoms with E-state index < -0.39 is 34.6 Å². The van der Waals surface area contributed by atoms with Gasteiger partial charge in [-0.15, -0.1) is 0 Å². The van der Waals surface area contributed by atoms with Crippen molar-refractivity contribution in [3.8, 4) is 5.75 Å². The summed E-state index contributed by atoms with van der Waals surface area (Å²) >= 11 is 0. The van der Waals surface area contributed by atoms with Crippen LogP contribution in [0, 0.1) is 0 Å². The van der Waals surface area contributed by atoms with Crippen molar-refractivity contribution in [3.63, 3.8) is 0 Å². The summed E-state index contributed by atoms with van der Waals surface area (Å²) < 4.78 is 33.9. The highest BCUT2D eigenvalue weighted by Crippen LogP contribution is 2.31. The number of aliphatic hydroxyl groups excluding tert-OH is 2. The summed E-state index contributed by atoms with van der Waals surface area (Å²) in [6, 6.07) is 6.26. The molecule has 3 heterocycles. The molecule has 0 radical (unpaired) electrons. The molecule has 1 saturated heterocycles. The average Bonchev–Trinajstić information content (AvgIpc) is 3.29. The van der Waals surface area contributed by atoms with E-state index in [4.69, 9.17) is 10.5 Å². The van der Waals surface area contributed by atoms with E-state index in [0.29, 0.717) is 16.7 Å². The van der Waals surface area contributed by atoms with E-state index in [-0.39, 0.29) is 18.1 Å². The van der Waals surface area contributed by atoms with Crippen LogP contribution in [0.2, 0.25) is 0 Å². The highest BCUT2D eigenvalue weighted by atomic mass is 32.2. The molecule has 13 heteroatoms. The van der Waals surface area contributed by atoms with Crippen LogP contribution >= 0.6 is 0 Å². The van der Waals surface area contributed by atoms with Crippen molar-refractivity contribution in [3.05, 3.63) is 47.9 Å². The Kier molecular flexibility index (Phi) is 5.60. The van der Waals surface area contributed by atoms with Crippen LogP contribution in [0.15, 0.2) is 42.3 Å². The minimum atomic E-state index is -3.91. The molecule has 0 spiro atoms. The third kappa shape index (κ3) is 4.22. The second-order valence-corrected chi connectivity index (χ2v) is 8.54. The fourth-order valence-electron chi connectivity index (χ4n) is 3.22. The van der Waals surface area contributed by atoms with Crippen LogP contribution in [0.1, 0.15) is 11.8 Å². The molecule has 3 aromatic rings. The van der Waals surface area contributed by atoms with Gasteiger partial charge >= 0.3 is 0 Å². The number of para-hydroxylation sites is 1. The van der Waals surface area contributed by atoms with Gasteiger partial charge in [0.15, 0.2) is 17.7 Å². The van der Waals surface area contributed by atoms with E-state index in [1.165, 1.54) is 29.4 Å². The minimum absolute atomic E-state index is 0.0635. The molecule has 31 heavy (non-hydrogen) atoms. The molecule has 12 nitrogen and oxygen atoms in total. The van der Waals surface area contributed by atoms with Gasteiger partial charge < -0.3 is 25.8 Å². The second kappa shape index (κ2) is 8.20. The Morgan fingerprint density at radius 1 is 1.19 bits per heavy atom. The first kappa shape index (κ1) is 21.1. The zero-order chi connectivity index (χ0) is 22.2. The predicted octanol–water partition coefficient (Wildman–Crippen LogP) is -0.676. The van der Waals surface area contributed by atoms with Crippen molar-refractivity contribution in [1.29, 1.82) is 0 Å². The van der Waals surface area contributed by atoms with Crippen LogP contribution < -0.4 is 10.5 Å². The van der Waals surface area contributed by atoms with Gasteiger partial charge in [-0.05, 0) is 12.1 Å². The number of ether oxygens (including phenoxy) is 1. The molecule has 4 atom stereocenters. The number of nitrogens with zero attached hydrogens (tertiary/aromatic N) is 4. The number of hydrogen-bond acceptors (Lipinski definition) is 10. The molecule has 2 unspecified atom stereocenters. The van der Waals surface area contributed by atoms with Gasteiger partial charge in [-0.3, -0.25) is 4.57 Å². The van der Waals surface area contributed by atoms with E-state index in [1.54, 1.807) is 18.2 Å². The standard InChI is InChI=1S/C18H20N6O6S/c19-16-13-17(21-8-20-16)24(9-22-13)18-15(27)14(26)12(30-18)7-23-31(28,29)6-5-10-3-1-2-4-11(10)25/h1-6,8-9,12,14-15,18,23,25-27H,7H2,(H2,19,20,21)/b6-5+/t12-,14?,15?,18-/m1/s1. The smallest absolute Gasteiger partial charge is 0.233 e. The van der Waals surface area contributed by atoms with E-state index in [9.17, 15) is 23.7 Å². The van der Waals surface area contributed by atoms with Gasteiger partial charge in [0.2, 0.25) is 10.0 Å². The number of aromatic hydroxyl groups is 1. The minimum Gasteiger partial charge on any atom is -0.507 e. The number of nitrogens with two attached hydrogens (primary N) is 1. The number of sulfonamides is 1. The zero-order valence-electron chi connectivity index (χ0n) is 16.0. The Hall–Kier alpha value is -3.10. The Balaban J connectivity index is 1.46. The molecular weight excluding hydrogens is 428 g/mol. The zero-order valence-corrected chi connectivity index (χ0v) is 16.8. The predicted molar refractivity (Wildman–Crippen MR) is 110 cm³/mol. The molecule has 0 amide bonds. The lowest BCUT2D eigenvalue weighted by atomic mass is 10.1. The van der Waals surface area contributed by atoms with Crippen LogP contribution in [0.25, 0.3) is 17.2 Å². The highest BCUT2D eigenvalue weighted by Gasteiger charge is 2.44. The van der Waals surface area contributed by atoms with Crippen molar-refractivity contribution in [2.45, 2.75) is 24.5 Å². The molecule has 0 saturated carbocycles. The fourth-order valence-corrected chi connectivity index (χ4v) is 4.04.